The van der Waals surface area contributed by atoms with Crippen LogP contribution in [0.1, 0.15) is 57.6 Å². The Morgan fingerprint density at radius 3 is 2.45 bits per heavy atom. The summed E-state index contributed by atoms with van der Waals surface area (Å²) in [7, 11) is 0. The standard InChI is InChI=1S/C19H30N2O/c1-4-15-10-9-11-16(5-2)19(15)20-14-18(22)21-13-8-7-12-17(21)6-3/h9-11,17,20H,4-8,12-14H2,1-3H3. The van der Waals surface area contributed by atoms with Gasteiger partial charge in [0, 0.05) is 18.3 Å². The predicted molar refractivity (Wildman–Crippen MR) is 93.3 cm³/mol. The molecule has 0 bridgehead atoms. The van der Waals surface area contributed by atoms with Crippen LogP contribution >= 0.6 is 0 Å². The van der Waals surface area contributed by atoms with Crippen LogP contribution in [0.5, 0.6) is 0 Å². The zero-order valence-corrected chi connectivity index (χ0v) is 14.3. The number of likely N-dealkylation sites (tertiary alicyclic amines) is 1. The third-order valence-electron chi connectivity index (χ3n) is 4.83. The van der Waals surface area contributed by atoms with Crippen LogP contribution in [0.25, 0.3) is 0 Å². The Balaban J connectivity index is 2.04. The first kappa shape index (κ1) is 16.9. The van der Waals surface area contributed by atoms with Crippen LogP contribution in [0.3, 0.4) is 0 Å². The third-order valence-corrected chi connectivity index (χ3v) is 4.83. The van der Waals surface area contributed by atoms with E-state index < -0.39 is 0 Å². The van der Waals surface area contributed by atoms with E-state index in [1.54, 1.807) is 0 Å². The number of nitrogens with one attached hydrogen (secondary N) is 1. The van der Waals surface area contributed by atoms with E-state index in [1.165, 1.54) is 23.2 Å². The molecule has 122 valence electrons. The van der Waals surface area contributed by atoms with Gasteiger partial charge in [-0.25, -0.2) is 0 Å². The maximum Gasteiger partial charge on any atom is 0.242 e. The number of aryl methyl sites for hydroxylation is 2. The third kappa shape index (κ3) is 3.82. The maximum atomic E-state index is 12.6. The summed E-state index contributed by atoms with van der Waals surface area (Å²) in [4.78, 5) is 14.7. The van der Waals surface area contributed by atoms with Gasteiger partial charge in [0.1, 0.15) is 0 Å². The van der Waals surface area contributed by atoms with Gasteiger partial charge in [-0.3, -0.25) is 4.79 Å². The first-order valence-corrected chi connectivity index (χ1v) is 8.85. The Morgan fingerprint density at radius 1 is 1.18 bits per heavy atom. The quantitative estimate of drug-likeness (QED) is 0.861. The number of rotatable bonds is 6. The molecule has 1 aromatic rings. The van der Waals surface area contributed by atoms with Gasteiger partial charge in [0.2, 0.25) is 5.91 Å². The SMILES string of the molecule is CCc1cccc(CC)c1NCC(=O)N1CCCCC1CC. The maximum absolute atomic E-state index is 12.6. The molecule has 1 heterocycles. The first-order chi connectivity index (χ1) is 10.7. The fourth-order valence-corrected chi connectivity index (χ4v) is 3.49. The van der Waals surface area contributed by atoms with Crippen molar-refractivity contribution in [1.82, 2.24) is 4.90 Å². The minimum absolute atomic E-state index is 0.250. The number of hydrogen-bond acceptors (Lipinski definition) is 2. The summed E-state index contributed by atoms with van der Waals surface area (Å²) < 4.78 is 0. The molecule has 0 aromatic heterocycles. The van der Waals surface area contributed by atoms with Gasteiger partial charge in [-0.1, -0.05) is 39.0 Å². The number of anilines is 1. The molecule has 22 heavy (non-hydrogen) atoms. The van der Waals surface area contributed by atoms with Crippen LogP contribution in [0.15, 0.2) is 18.2 Å². The molecule has 3 heteroatoms. The van der Waals surface area contributed by atoms with Gasteiger partial charge in [0.25, 0.3) is 0 Å². The fourth-order valence-electron chi connectivity index (χ4n) is 3.49. The lowest BCUT2D eigenvalue weighted by atomic mass is 10.00. The van der Waals surface area contributed by atoms with Crippen molar-refractivity contribution in [2.75, 3.05) is 18.4 Å². The molecule has 2 rings (SSSR count). The minimum Gasteiger partial charge on any atom is -0.376 e. The van der Waals surface area contributed by atoms with E-state index >= 15 is 0 Å². The molecule has 0 radical (unpaired) electrons. The van der Waals surface area contributed by atoms with Crippen molar-refractivity contribution in [1.29, 1.82) is 0 Å². The Kier molecular flexibility index (Phi) is 6.29. The molecule has 1 fully saturated rings. The number of hydrogen-bond donors (Lipinski definition) is 1. The summed E-state index contributed by atoms with van der Waals surface area (Å²) in [6.07, 6.45) is 6.62. The van der Waals surface area contributed by atoms with Crippen molar-refractivity contribution in [2.24, 2.45) is 0 Å². The average molecular weight is 302 g/mol. The van der Waals surface area contributed by atoms with Crippen LogP contribution in [0, 0.1) is 0 Å². The highest BCUT2D eigenvalue weighted by Crippen LogP contribution is 2.23. The van der Waals surface area contributed by atoms with E-state index in [1.807, 2.05) is 0 Å². The minimum atomic E-state index is 0.250. The molecule has 0 spiro atoms. The molecule has 1 saturated heterocycles. The van der Waals surface area contributed by atoms with E-state index in [4.69, 9.17) is 0 Å². The topological polar surface area (TPSA) is 32.3 Å². The number of carbonyl (C=O) groups excluding carboxylic acids is 1. The van der Waals surface area contributed by atoms with Gasteiger partial charge in [-0.15, -0.1) is 0 Å². The molecular weight excluding hydrogens is 272 g/mol. The summed E-state index contributed by atoms with van der Waals surface area (Å²) in [5.41, 5.74) is 3.78. The number of nitrogens with zero attached hydrogens (tertiary/aromatic N) is 1. The number of benzene rings is 1. The van der Waals surface area contributed by atoms with Gasteiger partial charge in [-0.2, -0.15) is 0 Å². The molecule has 1 unspecified atom stereocenters. The zero-order valence-electron chi connectivity index (χ0n) is 14.3. The van der Waals surface area contributed by atoms with Gasteiger partial charge in [-0.05, 0) is 49.7 Å². The second-order valence-electron chi connectivity index (χ2n) is 6.16. The number of carbonyl (C=O) groups is 1. The number of amides is 1. The fraction of sp³-hybridized carbons (Fsp3) is 0.632. The van der Waals surface area contributed by atoms with Crippen LogP contribution in [0.4, 0.5) is 5.69 Å². The lowest BCUT2D eigenvalue weighted by Crippen LogP contribution is -2.45. The molecule has 1 N–H and O–H groups in total. The first-order valence-electron chi connectivity index (χ1n) is 8.85. The van der Waals surface area contributed by atoms with Crippen molar-refractivity contribution in [3.63, 3.8) is 0 Å². The molecule has 1 atom stereocenters. The lowest BCUT2D eigenvalue weighted by molar-refractivity contribution is -0.133. The second kappa shape index (κ2) is 8.21. The summed E-state index contributed by atoms with van der Waals surface area (Å²) in [5.74, 6) is 0.250. The van der Waals surface area contributed by atoms with Gasteiger partial charge in [0.05, 0.1) is 6.54 Å². The van der Waals surface area contributed by atoms with Crippen molar-refractivity contribution < 1.29 is 4.79 Å². The summed E-state index contributed by atoms with van der Waals surface area (Å²) in [6.45, 7) is 7.86. The van der Waals surface area contributed by atoms with E-state index in [0.29, 0.717) is 12.6 Å². The van der Waals surface area contributed by atoms with Gasteiger partial charge in [0.15, 0.2) is 0 Å². The van der Waals surface area contributed by atoms with Crippen LogP contribution in [-0.4, -0.2) is 29.9 Å². The van der Waals surface area contributed by atoms with Crippen LogP contribution in [-0.2, 0) is 17.6 Å². The monoisotopic (exact) mass is 302 g/mol. The number of piperidine rings is 1. The Hall–Kier alpha value is -1.51. The largest absolute Gasteiger partial charge is 0.376 e. The number of para-hydroxylation sites is 1. The molecule has 1 aliphatic rings. The van der Waals surface area contributed by atoms with Gasteiger partial charge < -0.3 is 10.2 Å². The molecular formula is C19H30N2O. The molecule has 1 aliphatic heterocycles. The Labute approximate surface area is 135 Å². The second-order valence-corrected chi connectivity index (χ2v) is 6.16. The van der Waals surface area contributed by atoms with Crippen molar-refractivity contribution in [3.8, 4) is 0 Å². The predicted octanol–water partition coefficient (Wildman–Crippen LogP) is 4.01. The van der Waals surface area contributed by atoms with Gasteiger partial charge >= 0.3 is 0 Å². The highest BCUT2D eigenvalue weighted by molar-refractivity contribution is 5.82. The summed E-state index contributed by atoms with van der Waals surface area (Å²) >= 11 is 0. The van der Waals surface area contributed by atoms with Crippen molar-refractivity contribution >= 4 is 11.6 Å². The normalized spacial score (nSPS) is 18.3. The molecule has 0 aliphatic carbocycles. The molecule has 1 amide bonds. The average Bonchev–Trinajstić information content (AvgIpc) is 2.59. The highest BCUT2D eigenvalue weighted by Gasteiger charge is 2.25. The summed E-state index contributed by atoms with van der Waals surface area (Å²) in [6, 6.07) is 6.86. The van der Waals surface area contributed by atoms with Crippen molar-refractivity contribution in [3.05, 3.63) is 29.3 Å². The van der Waals surface area contributed by atoms with Crippen molar-refractivity contribution in [2.45, 2.75) is 65.3 Å². The van der Waals surface area contributed by atoms with Crippen LogP contribution in [0.2, 0.25) is 0 Å². The highest BCUT2D eigenvalue weighted by atomic mass is 16.2. The van der Waals surface area contributed by atoms with E-state index in [-0.39, 0.29) is 5.91 Å². The van der Waals surface area contributed by atoms with Crippen LogP contribution < -0.4 is 5.32 Å². The smallest absolute Gasteiger partial charge is 0.242 e. The summed E-state index contributed by atoms with van der Waals surface area (Å²) in [5, 5.41) is 3.43. The Morgan fingerprint density at radius 2 is 1.86 bits per heavy atom. The molecule has 3 nitrogen and oxygen atoms in total. The van der Waals surface area contributed by atoms with E-state index in [9.17, 15) is 4.79 Å². The zero-order chi connectivity index (χ0) is 15.9. The molecule has 0 saturated carbocycles. The lowest BCUT2D eigenvalue weighted by Gasteiger charge is -2.35. The van der Waals surface area contributed by atoms with E-state index in [0.717, 1.165) is 38.6 Å². The molecule has 1 aromatic carbocycles. The Bertz CT molecular complexity index is 476. The van der Waals surface area contributed by atoms with E-state index in [2.05, 4.69) is 49.2 Å².